The van der Waals surface area contributed by atoms with Gasteiger partial charge in [-0.25, -0.2) is 0 Å². The summed E-state index contributed by atoms with van der Waals surface area (Å²) in [6, 6.07) is 0. The summed E-state index contributed by atoms with van der Waals surface area (Å²) in [7, 11) is 4.42. The molecule has 2 atom stereocenters. The zero-order valence-electron chi connectivity index (χ0n) is 8.70. The molecule has 0 aromatic heterocycles. The van der Waals surface area contributed by atoms with E-state index in [9.17, 15) is 0 Å². The van der Waals surface area contributed by atoms with Gasteiger partial charge >= 0.3 is 0 Å². The first-order chi connectivity index (χ1) is 6.24. The van der Waals surface area contributed by atoms with Crippen LogP contribution in [0.25, 0.3) is 0 Å². The molecule has 76 valence electrons. The summed E-state index contributed by atoms with van der Waals surface area (Å²) in [6.45, 7) is 5.90. The number of likely N-dealkylation sites (tertiary alicyclic amines) is 1. The fourth-order valence-corrected chi connectivity index (χ4v) is 2.21. The van der Waals surface area contributed by atoms with Crippen molar-refractivity contribution in [1.29, 1.82) is 0 Å². The van der Waals surface area contributed by atoms with Gasteiger partial charge in [0.25, 0.3) is 0 Å². The third-order valence-electron chi connectivity index (χ3n) is 2.98. The number of ether oxygens (including phenoxy) is 1. The van der Waals surface area contributed by atoms with Crippen molar-refractivity contribution >= 4 is 0 Å². The molecular weight excluding hydrogens is 164 g/mol. The average Bonchev–Trinajstić information content (AvgIpc) is 2.76. The minimum atomic E-state index is 0.545. The lowest BCUT2D eigenvalue weighted by molar-refractivity contribution is 0.246. The number of hydrogen-bond donors (Lipinski definition) is 0. The Morgan fingerprint density at radius 3 is 2.77 bits per heavy atom. The van der Waals surface area contributed by atoms with Crippen LogP contribution < -0.4 is 0 Å². The predicted molar refractivity (Wildman–Crippen MR) is 52.8 cm³/mol. The van der Waals surface area contributed by atoms with Gasteiger partial charge in [-0.15, -0.1) is 0 Å². The largest absolute Gasteiger partial charge is 0.372 e. The maximum atomic E-state index is 5.21. The summed E-state index contributed by atoms with van der Waals surface area (Å²) < 4.78 is 5.21. The van der Waals surface area contributed by atoms with E-state index in [0.29, 0.717) is 6.10 Å². The Morgan fingerprint density at radius 2 is 2.23 bits per heavy atom. The van der Waals surface area contributed by atoms with Gasteiger partial charge in [0, 0.05) is 19.6 Å². The molecule has 0 aromatic rings. The molecule has 2 aliphatic heterocycles. The summed E-state index contributed by atoms with van der Waals surface area (Å²) in [6.07, 6.45) is 1.91. The SMILES string of the molecule is CN1CCC(CN(C)CC2CO2)C1. The van der Waals surface area contributed by atoms with Crippen molar-refractivity contribution in [1.82, 2.24) is 9.80 Å². The lowest BCUT2D eigenvalue weighted by atomic mass is 10.1. The lowest BCUT2D eigenvalue weighted by Crippen LogP contribution is -2.30. The van der Waals surface area contributed by atoms with Crippen LogP contribution in [0.5, 0.6) is 0 Å². The highest BCUT2D eigenvalue weighted by Crippen LogP contribution is 2.16. The first-order valence-electron chi connectivity index (χ1n) is 5.22. The van der Waals surface area contributed by atoms with E-state index >= 15 is 0 Å². The highest BCUT2D eigenvalue weighted by atomic mass is 16.6. The minimum absolute atomic E-state index is 0.545. The zero-order chi connectivity index (χ0) is 9.26. The van der Waals surface area contributed by atoms with Crippen molar-refractivity contribution < 1.29 is 4.74 Å². The number of hydrogen-bond acceptors (Lipinski definition) is 3. The summed E-state index contributed by atoms with van der Waals surface area (Å²) in [4.78, 5) is 4.84. The van der Waals surface area contributed by atoms with Gasteiger partial charge in [-0.2, -0.15) is 0 Å². The maximum absolute atomic E-state index is 5.21. The zero-order valence-corrected chi connectivity index (χ0v) is 8.70. The summed E-state index contributed by atoms with van der Waals surface area (Å²) >= 11 is 0. The van der Waals surface area contributed by atoms with Crippen LogP contribution in [0.3, 0.4) is 0 Å². The minimum Gasteiger partial charge on any atom is -0.372 e. The van der Waals surface area contributed by atoms with Crippen LogP contribution in [-0.4, -0.2) is 62.8 Å². The number of rotatable bonds is 4. The molecule has 2 fully saturated rings. The molecule has 0 spiro atoms. The lowest BCUT2D eigenvalue weighted by Gasteiger charge is -2.19. The molecule has 0 N–H and O–H groups in total. The van der Waals surface area contributed by atoms with Crippen LogP contribution in [0.2, 0.25) is 0 Å². The van der Waals surface area contributed by atoms with Gasteiger partial charge in [0.05, 0.1) is 12.7 Å². The van der Waals surface area contributed by atoms with E-state index in [-0.39, 0.29) is 0 Å². The second-order valence-corrected chi connectivity index (χ2v) is 4.59. The fourth-order valence-electron chi connectivity index (χ4n) is 2.21. The summed E-state index contributed by atoms with van der Waals surface area (Å²) in [5.41, 5.74) is 0. The molecular formula is C10H20N2O. The molecule has 0 aliphatic carbocycles. The van der Waals surface area contributed by atoms with E-state index in [1.165, 1.54) is 26.1 Å². The quantitative estimate of drug-likeness (QED) is 0.584. The molecule has 0 radical (unpaired) electrons. The highest BCUT2D eigenvalue weighted by Gasteiger charge is 2.26. The number of epoxide rings is 1. The van der Waals surface area contributed by atoms with Crippen molar-refractivity contribution in [3.63, 3.8) is 0 Å². The molecule has 2 rings (SSSR count). The van der Waals surface area contributed by atoms with E-state index < -0.39 is 0 Å². The molecule has 3 heteroatoms. The van der Waals surface area contributed by atoms with Crippen LogP contribution in [0.15, 0.2) is 0 Å². The molecule has 0 aromatic carbocycles. The first-order valence-corrected chi connectivity index (χ1v) is 5.22. The Hall–Kier alpha value is -0.120. The van der Waals surface area contributed by atoms with Crippen molar-refractivity contribution in [3.8, 4) is 0 Å². The first kappa shape index (κ1) is 9.44. The van der Waals surface area contributed by atoms with Crippen LogP contribution in [-0.2, 0) is 4.74 Å². The molecule has 0 saturated carbocycles. The van der Waals surface area contributed by atoms with E-state index in [0.717, 1.165) is 19.1 Å². The Balaban J connectivity index is 1.64. The second kappa shape index (κ2) is 3.95. The summed E-state index contributed by atoms with van der Waals surface area (Å²) in [5, 5.41) is 0. The third kappa shape index (κ3) is 2.93. The van der Waals surface area contributed by atoms with Crippen LogP contribution >= 0.6 is 0 Å². The van der Waals surface area contributed by atoms with E-state index in [1.807, 2.05) is 0 Å². The van der Waals surface area contributed by atoms with Gasteiger partial charge in [0.15, 0.2) is 0 Å². The maximum Gasteiger partial charge on any atom is 0.0936 e. The Morgan fingerprint density at radius 1 is 1.46 bits per heavy atom. The number of likely N-dealkylation sites (N-methyl/N-ethyl adjacent to an activating group) is 1. The molecule has 2 heterocycles. The highest BCUT2D eigenvalue weighted by molar-refractivity contribution is 4.78. The molecule has 0 bridgehead atoms. The van der Waals surface area contributed by atoms with E-state index in [2.05, 4.69) is 23.9 Å². The Kier molecular flexibility index (Phi) is 2.86. The third-order valence-corrected chi connectivity index (χ3v) is 2.98. The predicted octanol–water partition coefficient (Wildman–Crippen LogP) is 0.269. The Bertz CT molecular complexity index is 170. The van der Waals surface area contributed by atoms with Gasteiger partial charge in [0.2, 0.25) is 0 Å². The van der Waals surface area contributed by atoms with Gasteiger partial charge < -0.3 is 14.5 Å². The topological polar surface area (TPSA) is 19.0 Å². The smallest absolute Gasteiger partial charge is 0.0936 e. The Labute approximate surface area is 80.6 Å². The van der Waals surface area contributed by atoms with Gasteiger partial charge in [0.1, 0.15) is 0 Å². The number of nitrogens with zero attached hydrogens (tertiary/aromatic N) is 2. The van der Waals surface area contributed by atoms with E-state index in [1.54, 1.807) is 0 Å². The van der Waals surface area contributed by atoms with Crippen molar-refractivity contribution in [2.24, 2.45) is 5.92 Å². The van der Waals surface area contributed by atoms with Gasteiger partial charge in [-0.1, -0.05) is 0 Å². The fraction of sp³-hybridized carbons (Fsp3) is 1.00. The van der Waals surface area contributed by atoms with Crippen LogP contribution in [0.1, 0.15) is 6.42 Å². The van der Waals surface area contributed by atoms with Crippen molar-refractivity contribution in [2.45, 2.75) is 12.5 Å². The van der Waals surface area contributed by atoms with Crippen LogP contribution in [0, 0.1) is 5.92 Å². The molecule has 0 amide bonds. The van der Waals surface area contributed by atoms with Crippen molar-refractivity contribution in [2.75, 3.05) is 46.9 Å². The standard InChI is InChI=1S/C10H20N2O/c1-11-4-3-9(5-11)6-12(2)7-10-8-13-10/h9-10H,3-8H2,1-2H3. The molecule has 2 saturated heterocycles. The normalized spacial score (nSPS) is 34.4. The molecule has 13 heavy (non-hydrogen) atoms. The van der Waals surface area contributed by atoms with Crippen molar-refractivity contribution in [3.05, 3.63) is 0 Å². The van der Waals surface area contributed by atoms with Gasteiger partial charge in [-0.05, 0) is 33.0 Å². The molecule has 3 nitrogen and oxygen atoms in total. The van der Waals surface area contributed by atoms with Gasteiger partial charge in [-0.3, -0.25) is 0 Å². The monoisotopic (exact) mass is 184 g/mol. The molecule has 2 unspecified atom stereocenters. The second-order valence-electron chi connectivity index (χ2n) is 4.59. The van der Waals surface area contributed by atoms with E-state index in [4.69, 9.17) is 4.74 Å². The average molecular weight is 184 g/mol. The summed E-state index contributed by atoms with van der Waals surface area (Å²) in [5.74, 6) is 0.883. The molecule has 2 aliphatic rings. The van der Waals surface area contributed by atoms with Crippen LogP contribution in [0.4, 0.5) is 0 Å².